The van der Waals surface area contributed by atoms with Gasteiger partial charge in [-0.05, 0) is 37.7 Å². The number of aromatic nitrogens is 1. The molecule has 0 amide bonds. The van der Waals surface area contributed by atoms with Gasteiger partial charge in [0.2, 0.25) is 11.8 Å². The zero-order valence-corrected chi connectivity index (χ0v) is 14.4. The van der Waals surface area contributed by atoms with Crippen molar-refractivity contribution in [2.24, 2.45) is 0 Å². The molecule has 0 spiro atoms. The average molecular weight is 337 g/mol. The first-order chi connectivity index (χ1) is 12.1. The lowest BCUT2D eigenvalue weighted by molar-refractivity contribution is 0.313. The molecule has 5 nitrogen and oxygen atoms in total. The lowest BCUT2D eigenvalue weighted by atomic mass is 10.0. The van der Waals surface area contributed by atoms with E-state index >= 15 is 0 Å². The van der Waals surface area contributed by atoms with Crippen LogP contribution in [0, 0.1) is 0 Å². The molecule has 0 radical (unpaired) electrons. The van der Waals surface area contributed by atoms with Crippen molar-refractivity contribution in [1.82, 2.24) is 9.47 Å². The molecule has 2 aromatic rings. The molecular formula is C20H23N3O2. The predicted molar refractivity (Wildman–Crippen MR) is 98.0 cm³/mol. The maximum atomic E-state index is 10.7. The number of fused-ring (bicyclic) bond motifs is 5. The monoisotopic (exact) mass is 337 g/mol. The molecule has 0 saturated carbocycles. The molecule has 130 valence electrons. The summed E-state index contributed by atoms with van der Waals surface area (Å²) in [6.07, 6.45) is 5.27. The number of rotatable bonds is 2. The number of allylic oxidation sites excluding steroid dienone is 2. The van der Waals surface area contributed by atoms with Crippen molar-refractivity contribution in [1.29, 1.82) is 0 Å². The van der Waals surface area contributed by atoms with Crippen LogP contribution < -0.4 is 4.90 Å². The molecule has 5 rings (SSSR count). The van der Waals surface area contributed by atoms with E-state index in [-0.39, 0.29) is 23.6 Å². The van der Waals surface area contributed by atoms with Crippen molar-refractivity contribution in [3.8, 4) is 17.4 Å². The van der Waals surface area contributed by atoms with Gasteiger partial charge in [-0.1, -0.05) is 12.2 Å². The molecule has 2 heterocycles. The van der Waals surface area contributed by atoms with E-state index in [2.05, 4.69) is 41.1 Å². The van der Waals surface area contributed by atoms with Crippen LogP contribution in [0.25, 0.3) is 5.69 Å². The van der Waals surface area contributed by atoms with Gasteiger partial charge >= 0.3 is 0 Å². The van der Waals surface area contributed by atoms with Crippen LogP contribution in [-0.4, -0.2) is 52.9 Å². The first-order valence-corrected chi connectivity index (χ1v) is 9.02. The van der Waals surface area contributed by atoms with Crippen molar-refractivity contribution in [3.63, 3.8) is 0 Å². The van der Waals surface area contributed by atoms with E-state index in [1.165, 1.54) is 5.69 Å². The van der Waals surface area contributed by atoms with Gasteiger partial charge in [0.15, 0.2) is 0 Å². The number of nitrogens with zero attached hydrogens (tertiary/aromatic N) is 3. The minimum absolute atomic E-state index is 0.191. The molecule has 2 N–H and O–H groups in total. The Bertz CT molecular complexity index is 809. The van der Waals surface area contributed by atoms with Gasteiger partial charge in [-0.3, -0.25) is 4.57 Å². The van der Waals surface area contributed by atoms with Crippen LogP contribution in [0.2, 0.25) is 0 Å². The fraction of sp³-hybridized carbons (Fsp3) is 0.400. The number of hydrogen-bond acceptors (Lipinski definition) is 4. The quantitative estimate of drug-likeness (QED) is 0.828. The molecule has 3 aliphatic rings. The largest absolute Gasteiger partial charge is 0.494 e. The zero-order chi connectivity index (χ0) is 17.1. The van der Waals surface area contributed by atoms with Crippen molar-refractivity contribution in [2.45, 2.75) is 18.3 Å². The highest BCUT2D eigenvalue weighted by atomic mass is 16.3. The molecular weight excluding hydrogens is 314 g/mol. The first-order valence-electron chi connectivity index (χ1n) is 9.02. The molecule has 1 saturated heterocycles. The van der Waals surface area contributed by atoms with E-state index in [4.69, 9.17) is 0 Å². The van der Waals surface area contributed by atoms with E-state index in [0.29, 0.717) is 0 Å². The van der Waals surface area contributed by atoms with Gasteiger partial charge in [0, 0.05) is 54.8 Å². The Morgan fingerprint density at radius 1 is 0.800 bits per heavy atom. The Labute approximate surface area is 147 Å². The molecule has 1 aliphatic heterocycles. The number of aromatic hydroxyl groups is 2. The fourth-order valence-corrected chi connectivity index (χ4v) is 4.56. The minimum Gasteiger partial charge on any atom is -0.494 e. The molecule has 2 atom stereocenters. The highest BCUT2D eigenvalue weighted by molar-refractivity contribution is 5.63. The second-order valence-corrected chi connectivity index (χ2v) is 7.45. The normalized spacial score (nSPS) is 24.9. The van der Waals surface area contributed by atoms with Gasteiger partial charge in [0.25, 0.3) is 0 Å². The van der Waals surface area contributed by atoms with Gasteiger partial charge < -0.3 is 20.0 Å². The van der Waals surface area contributed by atoms with Crippen LogP contribution in [0.5, 0.6) is 11.8 Å². The summed E-state index contributed by atoms with van der Waals surface area (Å²) < 4.78 is 1.59. The van der Waals surface area contributed by atoms with Crippen molar-refractivity contribution in [2.75, 3.05) is 38.1 Å². The van der Waals surface area contributed by atoms with Crippen LogP contribution in [0.15, 0.2) is 36.4 Å². The topological polar surface area (TPSA) is 51.9 Å². The van der Waals surface area contributed by atoms with Gasteiger partial charge in [-0.25, -0.2) is 0 Å². The first kappa shape index (κ1) is 14.9. The Morgan fingerprint density at radius 3 is 1.88 bits per heavy atom. The molecule has 1 fully saturated rings. The Morgan fingerprint density at radius 2 is 1.32 bits per heavy atom. The van der Waals surface area contributed by atoms with E-state index < -0.39 is 0 Å². The highest BCUT2D eigenvalue weighted by Gasteiger charge is 2.41. The van der Waals surface area contributed by atoms with Crippen LogP contribution in [0.3, 0.4) is 0 Å². The smallest absolute Gasteiger partial charge is 0.202 e. The second kappa shape index (κ2) is 5.30. The molecule has 1 aromatic carbocycles. The SMILES string of the molecule is CN1CCN(c2ccc(-n3c(O)c4c(c3O)[C@H]3C=C[C@@H]4C3)cc2)CC1. The van der Waals surface area contributed by atoms with Crippen LogP contribution in [-0.2, 0) is 0 Å². The minimum atomic E-state index is 0.191. The van der Waals surface area contributed by atoms with Crippen LogP contribution >= 0.6 is 0 Å². The van der Waals surface area contributed by atoms with Gasteiger partial charge in [0.1, 0.15) is 0 Å². The van der Waals surface area contributed by atoms with E-state index in [1.54, 1.807) is 4.57 Å². The maximum absolute atomic E-state index is 10.7. The van der Waals surface area contributed by atoms with Gasteiger partial charge in [-0.15, -0.1) is 0 Å². The molecule has 0 unspecified atom stereocenters. The number of hydrogen-bond donors (Lipinski definition) is 2. The average Bonchev–Trinajstić information content (AvgIpc) is 3.30. The Hall–Kier alpha value is -2.40. The summed E-state index contributed by atoms with van der Waals surface area (Å²) in [5, 5.41) is 21.4. The van der Waals surface area contributed by atoms with E-state index in [0.717, 1.165) is 49.4 Å². The Kier molecular flexibility index (Phi) is 3.16. The number of benzene rings is 1. The Balaban J connectivity index is 1.47. The predicted octanol–water partition coefficient (Wildman–Crippen LogP) is 2.78. The highest BCUT2D eigenvalue weighted by Crippen LogP contribution is 2.57. The fourth-order valence-electron chi connectivity index (χ4n) is 4.56. The second-order valence-electron chi connectivity index (χ2n) is 7.45. The summed E-state index contributed by atoms with van der Waals surface area (Å²) in [5.41, 5.74) is 3.82. The van der Waals surface area contributed by atoms with Crippen molar-refractivity contribution >= 4 is 5.69 Å². The number of anilines is 1. The molecule has 5 heteroatoms. The summed E-state index contributed by atoms with van der Waals surface area (Å²) in [7, 11) is 2.15. The van der Waals surface area contributed by atoms with E-state index in [9.17, 15) is 10.2 Å². The lowest BCUT2D eigenvalue weighted by Gasteiger charge is -2.34. The number of likely N-dealkylation sites (N-methyl/N-ethyl adjacent to an activating group) is 1. The molecule has 2 bridgehead atoms. The molecule has 2 aliphatic carbocycles. The third-order valence-electron chi connectivity index (χ3n) is 6.00. The van der Waals surface area contributed by atoms with Gasteiger partial charge in [0.05, 0.1) is 5.69 Å². The zero-order valence-electron chi connectivity index (χ0n) is 14.4. The number of piperazine rings is 1. The third kappa shape index (κ3) is 2.12. The summed E-state index contributed by atoms with van der Waals surface area (Å²) in [5.74, 6) is 0.877. The summed E-state index contributed by atoms with van der Waals surface area (Å²) in [6, 6.07) is 8.13. The van der Waals surface area contributed by atoms with Crippen LogP contribution in [0.4, 0.5) is 5.69 Å². The lowest BCUT2D eigenvalue weighted by Crippen LogP contribution is -2.44. The molecule has 1 aromatic heterocycles. The third-order valence-corrected chi connectivity index (χ3v) is 6.00. The standard InChI is InChI=1S/C20H23N3O2/c1-21-8-10-22(11-9-21)15-4-6-16(7-5-15)23-19(24)17-13-2-3-14(12-13)18(17)20(23)25/h2-7,13-14,24-25H,8-12H2,1H3/t13-,14+. The molecule has 25 heavy (non-hydrogen) atoms. The summed E-state index contributed by atoms with van der Waals surface area (Å²) in [6.45, 7) is 4.20. The van der Waals surface area contributed by atoms with Crippen molar-refractivity contribution in [3.05, 3.63) is 47.5 Å². The summed E-state index contributed by atoms with van der Waals surface area (Å²) >= 11 is 0. The van der Waals surface area contributed by atoms with Crippen molar-refractivity contribution < 1.29 is 10.2 Å². The van der Waals surface area contributed by atoms with Crippen LogP contribution in [0.1, 0.15) is 29.4 Å². The van der Waals surface area contributed by atoms with Gasteiger partial charge in [-0.2, -0.15) is 0 Å². The summed E-state index contributed by atoms with van der Waals surface area (Å²) in [4.78, 5) is 4.72. The van der Waals surface area contributed by atoms with E-state index in [1.807, 2.05) is 12.1 Å². The maximum Gasteiger partial charge on any atom is 0.202 e.